The number of hydrogen-bond donors (Lipinski definition) is 2. The summed E-state index contributed by atoms with van der Waals surface area (Å²) in [5.41, 5.74) is 6.86. The second kappa shape index (κ2) is 6.20. The molecule has 0 radical (unpaired) electrons. The molecule has 2 rings (SSSR count). The van der Waals surface area contributed by atoms with Gasteiger partial charge in [0.05, 0.1) is 4.99 Å². The lowest BCUT2D eigenvalue weighted by Crippen LogP contribution is -2.49. The molecule has 0 aliphatic carbocycles. The molecule has 1 saturated heterocycles. The summed E-state index contributed by atoms with van der Waals surface area (Å²) in [5.74, 6) is -0.149. The third-order valence-electron chi connectivity index (χ3n) is 3.68. The van der Waals surface area contributed by atoms with Gasteiger partial charge < -0.3 is 15.8 Å². The van der Waals surface area contributed by atoms with Crippen LogP contribution in [0.25, 0.3) is 0 Å². The zero-order chi connectivity index (χ0) is 14.8. The molecular formula is C14H17BrN2O2S. The number of benzene rings is 1. The predicted octanol–water partition coefficient (Wildman–Crippen LogP) is 2.78. The van der Waals surface area contributed by atoms with Gasteiger partial charge in [-0.15, -0.1) is 0 Å². The molecule has 0 unspecified atom stereocenters. The van der Waals surface area contributed by atoms with Gasteiger partial charge in [-0.1, -0.05) is 34.2 Å². The van der Waals surface area contributed by atoms with E-state index in [1.165, 1.54) is 0 Å². The quantitative estimate of drug-likeness (QED) is 0.817. The van der Waals surface area contributed by atoms with Crippen LogP contribution in [0.4, 0.5) is 5.69 Å². The number of ether oxygens (including phenoxy) is 1. The first kappa shape index (κ1) is 15.4. The molecule has 108 valence electrons. The van der Waals surface area contributed by atoms with Crippen LogP contribution in [0.15, 0.2) is 22.7 Å². The van der Waals surface area contributed by atoms with Gasteiger partial charge in [0.15, 0.2) is 0 Å². The zero-order valence-electron chi connectivity index (χ0n) is 11.2. The molecule has 1 heterocycles. The van der Waals surface area contributed by atoms with Gasteiger partial charge in [-0.25, -0.2) is 0 Å². The normalized spacial score (nSPS) is 17.5. The average Bonchev–Trinajstić information content (AvgIpc) is 2.43. The molecule has 1 aliphatic rings. The molecule has 4 nitrogen and oxygen atoms in total. The molecule has 0 bridgehead atoms. The van der Waals surface area contributed by atoms with Crippen molar-refractivity contribution in [3.8, 4) is 0 Å². The molecule has 0 aromatic heterocycles. The monoisotopic (exact) mass is 356 g/mol. The van der Waals surface area contributed by atoms with E-state index in [0.717, 1.165) is 15.7 Å². The summed E-state index contributed by atoms with van der Waals surface area (Å²) in [7, 11) is 0. The molecule has 1 aromatic rings. The van der Waals surface area contributed by atoms with E-state index in [-0.39, 0.29) is 10.9 Å². The van der Waals surface area contributed by atoms with Gasteiger partial charge in [-0.05, 0) is 37.5 Å². The first-order chi connectivity index (χ1) is 9.45. The maximum atomic E-state index is 12.6. The van der Waals surface area contributed by atoms with Crippen LogP contribution >= 0.6 is 28.1 Å². The van der Waals surface area contributed by atoms with Crippen molar-refractivity contribution < 1.29 is 9.53 Å². The van der Waals surface area contributed by atoms with Crippen molar-refractivity contribution in [3.05, 3.63) is 28.2 Å². The molecule has 1 fully saturated rings. The molecule has 3 N–H and O–H groups in total. The Labute approximate surface area is 132 Å². The molecule has 0 spiro atoms. The average molecular weight is 357 g/mol. The molecule has 0 saturated carbocycles. The summed E-state index contributed by atoms with van der Waals surface area (Å²) in [6.45, 7) is 3.00. The molecule has 1 aliphatic heterocycles. The zero-order valence-corrected chi connectivity index (χ0v) is 13.6. The van der Waals surface area contributed by atoms with E-state index >= 15 is 0 Å². The number of anilines is 1. The van der Waals surface area contributed by atoms with Crippen molar-refractivity contribution in [2.75, 3.05) is 18.5 Å². The fourth-order valence-corrected chi connectivity index (χ4v) is 2.90. The summed E-state index contributed by atoms with van der Waals surface area (Å²) in [4.78, 5) is 12.8. The van der Waals surface area contributed by atoms with E-state index in [1.54, 1.807) is 0 Å². The third kappa shape index (κ3) is 3.02. The van der Waals surface area contributed by atoms with E-state index in [0.29, 0.717) is 26.1 Å². The van der Waals surface area contributed by atoms with E-state index in [9.17, 15) is 4.79 Å². The largest absolute Gasteiger partial charge is 0.392 e. The second-order valence-corrected chi connectivity index (χ2v) is 6.27. The summed E-state index contributed by atoms with van der Waals surface area (Å²) in [5, 5.41) is 2.91. The number of hydrogen-bond acceptors (Lipinski definition) is 3. The number of thiocarbonyl (C=S) groups is 1. The van der Waals surface area contributed by atoms with E-state index < -0.39 is 5.41 Å². The fourth-order valence-electron chi connectivity index (χ4n) is 2.23. The Morgan fingerprint density at radius 3 is 2.65 bits per heavy atom. The van der Waals surface area contributed by atoms with Gasteiger partial charge in [-0.3, -0.25) is 4.79 Å². The molecule has 20 heavy (non-hydrogen) atoms. The van der Waals surface area contributed by atoms with Crippen molar-refractivity contribution in [1.82, 2.24) is 0 Å². The van der Waals surface area contributed by atoms with Gasteiger partial charge in [0.2, 0.25) is 5.91 Å². The Morgan fingerprint density at radius 1 is 1.45 bits per heavy atom. The van der Waals surface area contributed by atoms with Gasteiger partial charge >= 0.3 is 0 Å². The van der Waals surface area contributed by atoms with E-state index in [2.05, 4.69) is 21.2 Å². The van der Waals surface area contributed by atoms with Crippen LogP contribution in [0.1, 0.15) is 18.4 Å². The van der Waals surface area contributed by atoms with Crippen LogP contribution in [-0.2, 0) is 9.53 Å². The number of amides is 1. The number of carbonyl (C=O) groups excluding carboxylic acids is 1. The highest BCUT2D eigenvalue weighted by Crippen LogP contribution is 2.33. The SMILES string of the molecule is Cc1ccc(NC(=O)C2(C(N)=S)CCOCC2)cc1Br. The van der Waals surface area contributed by atoms with Crippen molar-refractivity contribution in [2.45, 2.75) is 19.8 Å². The molecule has 0 atom stereocenters. The summed E-state index contributed by atoms with van der Waals surface area (Å²) < 4.78 is 6.26. The third-order valence-corrected chi connectivity index (χ3v) is 4.93. The van der Waals surface area contributed by atoms with Crippen molar-refractivity contribution in [1.29, 1.82) is 0 Å². The highest BCUT2D eigenvalue weighted by molar-refractivity contribution is 9.10. The standard InChI is InChI=1S/C14H17BrN2O2S/c1-9-2-3-10(8-11(9)15)17-13(18)14(12(16)20)4-6-19-7-5-14/h2-3,8H,4-7H2,1H3,(H2,16,20)(H,17,18). The minimum absolute atomic E-state index is 0.149. The lowest BCUT2D eigenvalue weighted by atomic mass is 9.79. The van der Waals surface area contributed by atoms with Crippen LogP contribution in [0, 0.1) is 12.3 Å². The number of nitrogens with two attached hydrogens (primary N) is 1. The number of nitrogens with one attached hydrogen (secondary N) is 1. The first-order valence-corrected chi connectivity index (χ1v) is 7.61. The van der Waals surface area contributed by atoms with E-state index in [4.69, 9.17) is 22.7 Å². The van der Waals surface area contributed by atoms with Crippen molar-refractivity contribution >= 4 is 44.7 Å². The summed E-state index contributed by atoms with van der Waals surface area (Å²) in [6, 6.07) is 5.68. The number of halogens is 1. The van der Waals surface area contributed by atoms with Crippen molar-refractivity contribution in [2.24, 2.45) is 11.1 Å². The second-order valence-electron chi connectivity index (χ2n) is 4.98. The lowest BCUT2D eigenvalue weighted by molar-refractivity contribution is -0.126. The van der Waals surface area contributed by atoms with Crippen molar-refractivity contribution in [3.63, 3.8) is 0 Å². The first-order valence-electron chi connectivity index (χ1n) is 6.41. The Morgan fingerprint density at radius 2 is 2.10 bits per heavy atom. The van der Waals surface area contributed by atoms with Gasteiger partial charge in [-0.2, -0.15) is 0 Å². The molecule has 1 amide bonds. The van der Waals surface area contributed by atoms with E-state index in [1.807, 2.05) is 25.1 Å². The number of carbonyl (C=O) groups is 1. The highest BCUT2D eigenvalue weighted by atomic mass is 79.9. The molecular weight excluding hydrogens is 340 g/mol. The minimum atomic E-state index is -0.801. The Bertz CT molecular complexity index is 542. The highest BCUT2D eigenvalue weighted by Gasteiger charge is 2.43. The Balaban J connectivity index is 2.20. The van der Waals surface area contributed by atoms with Crippen LogP contribution in [-0.4, -0.2) is 24.1 Å². The molecule has 6 heteroatoms. The lowest BCUT2D eigenvalue weighted by Gasteiger charge is -2.34. The number of rotatable bonds is 3. The van der Waals surface area contributed by atoms with Crippen LogP contribution < -0.4 is 11.1 Å². The maximum Gasteiger partial charge on any atom is 0.237 e. The number of aryl methyl sites for hydroxylation is 1. The predicted molar refractivity (Wildman–Crippen MR) is 86.8 cm³/mol. The fraction of sp³-hybridized carbons (Fsp3) is 0.429. The Kier molecular flexibility index (Phi) is 4.78. The summed E-state index contributed by atoms with van der Waals surface area (Å²) >= 11 is 8.57. The van der Waals surface area contributed by atoms with Gasteiger partial charge in [0, 0.05) is 23.4 Å². The minimum Gasteiger partial charge on any atom is -0.392 e. The molecule has 1 aromatic carbocycles. The Hall–Kier alpha value is -0.980. The van der Waals surface area contributed by atoms with Crippen LogP contribution in [0.3, 0.4) is 0 Å². The van der Waals surface area contributed by atoms with Gasteiger partial charge in [0.25, 0.3) is 0 Å². The maximum absolute atomic E-state index is 12.6. The van der Waals surface area contributed by atoms with Crippen LogP contribution in [0.2, 0.25) is 0 Å². The topological polar surface area (TPSA) is 64.4 Å². The van der Waals surface area contributed by atoms with Gasteiger partial charge in [0.1, 0.15) is 5.41 Å². The smallest absolute Gasteiger partial charge is 0.237 e. The van der Waals surface area contributed by atoms with Crippen LogP contribution in [0.5, 0.6) is 0 Å². The summed E-state index contributed by atoms with van der Waals surface area (Å²) in [6.07, 6.45) is 1.06.